The first-order valence-electron chi connectivity index (χ1n) is 13.0. The minimum Gasteiger partial charge on any atom is -0.497 e. The summed E-state index contributed by atoms with van der Waals surface area (Å²) in [5.74, 6) is -0.163. The molecule has 0 radical (unpaired) electrons. The van der Waals surface area contributed by atoms with E-state index in [1.54, 1.807) is 7.11 Å². The summed E-state index contributed by atoms with van der Waals surface area (Å²) in [4.78, 5) is 39.8. The summed E-state index contributed by atoms with van der Waals surface area (Å²) in [6.07, 6.45) is 2.28. The molecule has 1 unspecified atom stereocenters. The number of carbonyl (C=O) groups excluding carboxylic acids is 3. The number of methoxy groups -OCH3 is 1. The molecule has 0 spiro atoms. The highest BCUT2D eigenvalue weighted by Crippen LogP contribution is 2.38. The zero-order valence-corrected chi connectivity index (χ0v) is 22.2. The Bertz CT molecular complexity index is 1270. The summed E-state index contributed by atoms with van der Waals surface area (Å²) in [6, 6.07) is 22.6. The number of imide groups is 1. The molecule has 3 aromatic rings. The van der Waals surface area contributed by atoms with Crippen LogP contribution in [0.1, 0.15) is 60.8 Å². The van der Waals surface area contributed by atoms with Gasteiger partial charge in [-0.3, -0.25) is 9.59 Å². The van der Waals surface area contributed by atoms with E-state index in [0.717, 1.165) is 29.5 Å². The van der Waals surface area contributed by atoms with Crippen LogP contribution in [0.3, 0.4) is 0 Å². The van der Waals surface area contributed by atoms with Gasteiger partial charge in [-0.25, -0.2) is 4.79 Å². The van der Waals surface area contributed by atoms with Crippen molar-refractivity contribution in [1.82, 2.24) is 5.06 Å². The molecule has 1 aliphatic rings. The van der Waals surface area contributed by atoms with Crippen molar-refractivity contribution in [1.29, 1.82) is 0 Å². The Labute approximate surface area is 228 Å². The first-order valence-corrected chi connectivity index (χ1v) is 13.0. The Morgan fingerprint density at radius 3 is 1.85 bits per heavy atom. The Hall–Kier alpha value is -4.17. The first-order chi connectivity index (χ1) is 18.8. The zero-order valence-electron chi connectivity index (χ0n) is 22.2. The summed E-state index contributed by atoms with van der Waals surface area (Å²) in [6.45, 7) is 2.46. The van der Waals surface area contributed by atoms with Crippen molar-refractivity contribution in [2.75, 3.05) is 13.7 Å². The molecule has 8 nitrogen and oxygen atoms in total. The first kappa shape index (κ1) is 27.9. The van der Waals surface area contributed by atoms with E-state index in [2.05, 4.69) is 0 Å². The maximum atomic E-state index is 12.0. The summed E-state index contributed by atoms with van der Waals surface area (Å²) < 4.78 is 11.1. The lowest BCUT2D eigenvalue weighted by atomic mass is 9.80. The fourth-order valence-electron chi connectivity index (χ4n) is 4.46. The van der Waals surface area contributed by atoms with Crippen molar-refractivity contribution in [2.45, 2.75) is 51.0 Å². The number of nitrogens with zero attached hydrogens (tertiary/aromatic N) is 1. The molecule has 39 heavy (non-hydrogen) atoms. The van der Waals surface area contributed by atoms with Gasteiger partial charge >= 0.3 is 5.97 Å². The van der Waals surface area contributed by atoms with Crippen molar-refractivity contribution in [3.05, 3.63) is 95.1 Å². The molecule has 1 saturated heterocycles. The van der Waals surface area contributed by atoms with Gasteiger partial charge in [-0.15, -0.1) is 5.06 Å². The molecule has 3 aromatic carbocycles. The number of unbranched alkanes of at least 4 members (excludes halogenated alkanes) is 2. The average molecular weight is 532 g/mol. The van der Waals surface area contributed by atoms with Gasteiger partial charge < -0.3 is 19.4 Å². The summed E-state index contributed by atoms with van der Waals surface area (Å²) in [5, 5.41) is 12.6. The van der Waals surface area contributed by atoms with E-state index in [1.807, 2.05) is 79.7 Å². The van der Waals surface area contributed by atoms with Crippen LogP contribution in [0.5, 0.6) is 11.5 Å². The van der Waals surface area contributed by atoms with Crippen LogP contribution in [-0.4, -0.2) is 41.7 Å². The molecule has 1 atom stereocenters. The van der Waals surface area contributed by atoms with Gasteiger partial charge in [-0.2, -0.15) is 0 Å². The number of hydrogen-bond donors (Lipinski definition) is 1. The lowest BCUT2D eigenvalue weighted by Gasteiger charge is -2.30. The van der Waals surface area contributed by atoms with Gasteiger partial charge in [0.15, 0.2) is 0 Å². The molecule has 204 valence electrons. The van der Waals surface area contributed by atoms with E-state index in [4.69, 9.17) is 14.3 Å². The normalized spacial score (nSPS) is 14.7. The van der Waals surface area contributed by atoms with Gasteiger partial charge in [0.05, 0.1) is 13.7 Å². The van der Waals surface area contributed by atoms with Gasteiger partial charge in [-0.1, -0.05) is 54.1 Å². The minimum absolute atomic E-state index is 0.0805. The largest absolute Gasteiger partial charge is 0.497 e. The van der Waals surface area contributed by atoms with E-state index in [1.165, 1.54) is 0 Å². The maximum absolute atomic E-state index is 12.0. The van der Waals surface area contributed by atoms with Crippen LogP contribution in [0, 0.1) is 6.92 Å². The van der Waals surface area contributed by atoms with Crippen LogP contribution in [-0.2, 0) is 24.8 Å². The predicted molar refractivity (Wildman–Crippen MR) is 144 cm³/mol. The fourth-order valence-corrected chi connectivity index (χ4v) is 4.46. The molecular weight excluding hydrogens is 498 g/mol. The second-order valence-electron chi connectivity index (χ2n) is 9.53. The van der Waals surface area contributed by atoms with Crippen LogP contribution in [0.2, 0.25) is 0 Å². The van der Waals surface area contributed by atoms with Gasteiger partial charge in [0.25, 0.3) is 11.8 Å². The maximum Gasteiger partial charge on any atom is 0.333 e. The number of aryl methyl sites for hydroxylation is 1. The average Bonchev–Trinajstić information content (AvgIpc) is 3.27. The van der Waals surface area contributed by atoms with Crippen molar-refractivity contribution in [3.63, 3.8) is 0 Å². The summed E-state index contributed by atoms with van der Waals surface area (Å²) in [7, 11) is 1.61. The van der Waals surface area contributed by atoms with Gasteiger partial charge in [0.1, 0.15) is 17.1 Å². The van der Waals surface area contributed by atoms with Crippen LogP contribution in [0.15, 0.2) is 72.8 Å². The summed E-state index contributed by atoms with van der Waals surface area (Å²) in [5.41, 5.74) is 1.92. The van der Waals surface area contributed by atoms with Crippen LogP contribution in [0.25, 0.3) is 0 Å². The third-order valence-electron chi connectivity index (χ3n) is 6.74. The number of rotatable bonds is 12. The molecule has 1 N–H and O–H groups in total. The second-order valence-corrected chi connectivity index (χ2v) is 9.53. The third-order valence-corrected chi connectivity index (χ3v) is 6.74. The Morgan fingerprint density at radius 1 is 0.795 bits per heavy atom. The van der Waals surface area contributed by atoms with Crippen LogP contribution >= 0.6 is 0 Å². The quantitative estimate of drug-likeness (QED) is 0.203. The predicted octanol–water partition coefficient (Wildman–Crippen LogP) is 4.83. The molecule has 0 aromatic heterocycles. The van der Waals surface area contributed by atoms with Crippen molar-refractivity contribution in [2.24, 2.45) is 0 Å². The number of benzene rings is 3. The molecule has 0 saturated carbocycles. The lowest BCUT2D eigenvalue weighted by Crippen LogP contribution is -2.31. The minimum atomic E-state index is -1.36. The Morgan fingerprint density at radius 2 is 1.31 bits per heavy atom. The number of aliphatic hydroxyl groups is 1. The molecule has 1 heterocycles. The Kier molecular flexibility index (Phi) is 8.99. The molecular formula is C31H33NO7. The number of hydroxylamine groups is 2. The second kappa shape index (κ2) is 12.6. The molecule has 1 fully saturated rings. The van der Waals surface area contributed by atoms with Crippen molar-refractivity contribution >= 4 is 17.8 Å². The van der Waals surface area contributed by atoms with Crippen molar-refractivity contribution < 1.29 is 33.8 Å². The van der Waals surface area contributed by atoms with Crippen LogP contribution in [0.4, 0.5) is 0 Å². The lowest BCUT2D eigenvalue weighted by molar-refractivity contribution is -0.197. The number of amides is 2. The van der Waals surface area contributed by atoms with E-state index in [9.17, 15) is 19.5 Å². The van der Waals surface area contributed by atoms with E-state index < -0.39 is 23.4 Å². The van der Waals surface area contributed by atoms with Crippen molar-refractivity contribution in [3.8, 4) is 11.5 Å². The molecule has 0 bridgehead atoms. The molecule has 8 heteroatoms. The zero-order chi connectivity index (χ0) is 27.8. The third kappa shape index (κ3) is 6.64. The van der Waals surface area contributed by atoms with E-state index in [-0.39, 0.29) is 19.3 Å². The SMILES string of the molecule is COc1ccc(C(O)(c2ccc(C)cc2)c2ccc(OCCCCCC(=O)ON3C(=O)CCC3=O)cc2)cc1. The van der Waals surface area contributed by atoms with Gasteiger partial charge in [0, 0.05) is 19.3 Å². The highest BCUT2D eigenvalue weighted by atomic mass is 16.7. The number of ether oxygens (including phenoxy) is 2. The monoisotopic (exact) mass is 531 g/mol. The number of carbonyl (C=O) groups is 3. The summed E-state index contributed by atoms with van der Waals surface area (Å²) >= 11 is 0. The molecule has 2 amide bonds. The van der Waals surface area contributed by atoms with E-state index >= 15 is 0 Å². The van der Waals surface area contributed by atoms with Crippen LogP contribution < -0.4 is 9.47 Å². The van der Waals surface area contributed by atoms with Gasteiger partial charge in [0.2, 0.25) is 0 Å². The standard InChI is InChI=1S/C31H33NO7/c1-22-7-9-23(10-8-22)31(36,24-11-15-26(37-2)16-12-24)25-13-17-27(18-14-25)38-21-5-3-4-6-30(35)39-32-28(33)19-20-29(32)34/h7-18,36H,3-6,19-21H2,1-2H3. The topological polar surface area (TPSA) is 102 Å². The Balaban J connectivity index is 1.32. The highest BCUT2D eigenvalue weighted by Gasteiger charge is 2.34. The molecule has 4 rings (SSSR count). The highest BCUT2D eigenvalue weighted by molar-refractivity contribution is 6.01. The van der Waals surface area contributed by atoms with Gasteiger partial charge in [-0.05, 0) is 67.1 Å². The fraction of sp³-hybridized carbons (Fsp3) is 0.323. The number of hydrogen-bond acceptors (Lipinski definition) is 7. The molecule has 1 aliphatic heterocycles. The van der Waals surface area contributed by atoms with E-state index in [0.29, 0.717) is 35.2 Å². The smallest absolute Gasteiger partial charge is 0.333 e. The molecule has 0 aliphatic carbocycles.